The van der Waals surface area contributed by atoms with Crippen molar-refractivity contribution in [3.8, 4) is 11.5 Å². The zero-order valence-electron chi connectivity index (χ0n) is 13.9. The molecule has 0 bridgehead atoms. The third-order valence-corrected chi connectivity index (χ3v) is 3.24. The van der Waals surface area contributed by atoms with Gasteiger partial charge in [-0.15, -0.1) is 0 Å². The summed E-state index contributed by atoms with van der Waals surface area (Å²) < 4.78 is 10.7. The van der Waals surface area contributed by atoms with Crippen LogP contribution in [0, 0.1) is 6.92 Å². The molecule has 1 aromatic carbocycles. The SMILES string of the molecule is Cc1cc(NC(C)(C)C)nc(NCc2ccc3c(c2)OCO3)n1. The summed E-state index contributed by atoms with van der Waals surface area (Å²) in [4.78, 5) is 8.95. The van der Waals surface area contributed by atoms with Crippen molar-refractivity contribution >= 4 is 11.8 Å². The number of anilines is 2. The molecule has 1 aromatic heterocycles. The number of hydrogen-bond acceptors (Lipinski definition) is 6. The number of aromatic nitrogens is 2. The van der Waals surface area contributed by atoms with Gasteiger partial charge >= 0.3 is 0 Å². The Balaban J connectivity index is 1.70. The fraction of sp³-hybridized carbons (Fsp3) is 0.412. The van der Waals surface area contributed by atoms with Crippen molar-refractivity contribution in [3.05, 3.63) is 35.5 Å². The monoisotopic (exact) mass is 314 g/mol. The molecule has 0 saturated heterocycles. The third-order valence-electron chi connectivity index (χ3n) is 3.24. The highest BCUT2D eigenvalue weighted by Crippen LogP contribution is 2.32. The molecule has 6 nitrogen and oxygen atoms in total. The summed E-state index contributed by atoms with van der Waals surface area (Å²) in [6.45, 7) is 9.17. The molecule has 1 aliphatic heterocycles. The molecule has 2 N–H and O–H groups in total. The van der Waals surface area contributed by atoms with E-state index in [1.54, 1.807) is 0 Å². The van der Waals surface area contributed by atoms with Crippen LogP contribution in [-0.2, 0) is 6.54 Å². The Kier molecular flexibility index (Phi) is 3.98. The molecule has 6 heteroatoms. The van der Waals surface area contributed by atoms with Gasteiger partial charge in [0.05, 0.1) is 0 Å². The van der Waals surface area contributed by atoms with E-state index >= 15 is 0 Å². The van der Waals surface area contributed by atoms with Crippen molar-refractivity contribution in [1.82, 2.24) is 9.97 Å². The molecule has 0 unspecified atom stereocenters. The molecule has 2 heterocycles. The molecule has 122 valence electrons. The van der Waals surface area contributed by atoms with Crippen LogP contribution in [0.15, 0.2) is 24.3 Å². The van der Waals surface area contributed by atoms with Gasteiger partial charge in [-0.2, -0.15) is 4.98 Å². The lowest BCUT2D eigenvalue weighted by Gasteiger charge is -2.21. The van der Waals surface area contributed by atoms with Crippen LogP contribution in [0.2, 0.25) is 0 Å². The second-order valence-corrected chi connectivity index (χ2v) is 6.63. The molecule has 23 heavy (non-hydrogen) atoms. The first kappa shape index (κ1) is 15.4. The number of hydrogen-bond donors (Lipinski definition) is 2. The molecule has 2 aromatic rings. The van der Waals surface area contributed by atoms with Crippen LogP contribution in [0.25, 0.3) is 0 Å². The molecule has 1 aliphatic rings. The van der Waals surface area contributed by atoms with Gasteiger partial charge in [-0.3, -0.25) is 0 Å². The molecule has 0 aliphatic carbocycles. The van der Waals surface area contributed by atoms with Crippen molar-refractivity contribution in [2.24, 2.45) is 0 Å². The van der Waals surface area contributed by atoms with Crippen LogP contribution in [0.4, 0.5) is 11.8 Å². The summed E-state index contributed by atoms with van der Waals surface area (Å²) in [5, 5.41) is 6.63. The highest BCUT2D eigenvalue weighted by molar-refractivity contribution is 5.47. The molecule has 3 rings (SSSR count). The summed E-state index contributed by atoms with van der Waals surface area (Å²) in [6.07, 6.45) is 0. The Labute approximate surface area is 136 Å². The predicted molar refractivity (Wildman–Crippen MR) is 90.0 cm³/mol. The minimum absolute atomic E-state index is 0.0462. The normalized spacial score (nSPS) is 13.0. The summed E-state index contributed by atoms with van der Waals surface area (Å²) in [7, 11) is 0. The summed E-state index contributed by atoms with van der Waals surface area (Å²) in [5.74, 6) is 2.99. The molecule has 0 saturated carbocycles. The van der Waals surface area contributed by atoms with Crippen molar-refractivity contribution in [2.45, 2.75) is 39.8 Å². The van der Waals surface area contributed by atoms with Crippen LogP contribution in [-0.4, -0.2) is 22.3 Å². The maximum absolute atomic E-state index is 5.39. The van der Waals surface area contributed by atoms with Crippen LogP contribution < -0.4 is 20.1 Å². The first-order chi connectivity index (χ1) is 10.9. The van der Waals surface area contributed by atoms with Gasteiger partial charge in [-0.25, -0.2) is 4.98 Å². The van der Waals surface area contributed by atoms with Gasteiger partial charge in [0.25, 0.3) is 0 Å². The molecule has 0 spiro atoms. The highest BCUT2D eigenvalue weighted by atomic mass is 16.7. The minimum Gasteiger partial charge on any atom is -0.454 e. The Morgan fingerprint density at radius 3 is 2.65 bits per heavy atom. The van der Waals surface area contributed by atoms with Crippen LogP contribution in [0.3, 0.4) is 0 Å². The number of rotatable bonds is 4. The van der Waals surface area contributed by atoms with E-state index in [1.165, 1.54) is 0 Å². The summed E-state index contributed by atoms with van der Waals surface area (Å²) in [5.41, 5.74) is 1.96. The Morgan fingerprint density at radius 2 is 1.87 bits per heavy atom. The average Bonchev–Trinajstić information content (AvgIpc) is 2.90. The van der Waals surface area contributed by atoms with Gasteiger partial charge in [0.1, 0.15) is 5.82 Å². The Bertz CT molecular complexity index is 710. The highest BCUT2D eigenvalue weighted by Gasteiger charge is 2.14. The number of nitrogens with one attached hydrogen (secondary N) is 2. The lowest BCUT2D eigenvalue weighted by atomic mass is 10.1. The standard InChI is InChI=1S/C17H22N4O2/c1-11-7-15(21-17(2,3)4)20-16(19-11)18-9-12-5-6-13-14(8-12)23-10-22-13/h5-8H,9-10H2,1-4H3,(H2,18,19,20,21). The van der Waals surface area contributed by atoms with Crippen molar-refractivity contribution in [3.63, 3.8) is 0 Å². The molecule has 0 atom stereocenters. The maximum atomic E-state index is 5.39. The van der Waals surface area contributed by atoms with Gasteiger partial charge < -0.3 is 20.1 Å². The predicted octanol–water partition coefficient (Wildman–Crippen LogP) is 3.34. The third kappa shape index (κ3) is 4.03. The second kappa shape index (κ2) is 5.95. The maximum Gasteiger partial charge on any atom is 0.231 e. The van der Waals surface area contributed by atoms with Crippen molar-refractivity contribution in [1.29, 1.82) is 0 Å². The number of aryl methyl sites for hydroxylation is 1. The Morgan fingerprint density at radius 1 is 1.09 bits per heavy atom. The van der Waals surface area contributed by atoms with E-state index in [0.717, 1.165) is 28.6 Å². The molecule has 0 amide bonds. The van der Waals surface area contributed by atoms with Gasteiger partial charge in [0, 0.05) is 23.8 Å². The van der Waals surface area contributed by atoms with E-state index in [-0.39, 0.29) is 12.3 Å². The fourth-order valence-electron chi connectivity index (χ4n) is 2.33. The van der Waals surface area contributed by atoms with E-state index in [4.69, 9.17) is 9.47 Å². The van der Waals surface area contributed by atoms with Crippen molar-refractivity contribution < 1.29 is 9.47 Å². The zero-order valence-corrected chi connectivity index (χ0v) is 13.9. The van der Waals surface area contributed by atoms with Crippen LogP contribution in [0.5, 0.6) is 11.5 Å². The number of nitrogens with zero attached hydrogens (tertiary/aromatic N) is 2. The van der Waals surface area contributed by atoms with Gasteiger partial charge in [0.15, 0.2) is 11.5 Å². The lowest BCUT2D eigenvalue weighted by molar-refractivity contribution is 0.174. The average molecular weight is 314 g/mol. The number of ether oxygens (including phenoxy) is 2. The topological polar surface area (TPSA) is 68.3 Å². The van der Waals surface area contributed by atoms with Crippen LogP contribution >= 0.6 is 0 Å². The molecule has 0 radical (unpaired) electrons. The molecule has 0 fully saturated rings. The summed E-state index contributed by atoms with van der Waals surface area (Å²) >= 11 is 0. The Hall–Kier alpha value is -2.50. The van der Waals surface area contributed by atoms with Crippen LogP contribution in [0.1, 0.15) is 32.0 Å². The second-order valence-electron chi connectivity index (χ2n) is 6.63. The first-order valence-corrected chi connectivity index (χ1v) is 7.65. The minimum atomic E-state index is -0.0462. The van der Waals surface area contributed by atoms with E-state index in [0.29, 0.717) is 12.5 Å². The van der Waals surface area contributed by atoms with E-state index in [9.17, 15) is 0 Å². The van der Waals surface area contributed by atoms with Gasteiger partial charge in [-0.1, -0.05) is 6.07 Å². The molecular formula is C17H22N4O2. The van der Waals surface area contributed by atoms with E-state index in [1.807, 2.05) is 31.2 Å². The van der Waals surface area contributed by atoms with Gasteiger partial charge in [-0.05, 0) is 45.4 Å². The summed E-state index contributed by atoms with van der Waals surface area (Å²) in [6, 6.07) is 7.84. The van der Waals surface area contributed by atoms with Gasteiger partial charge in [0.2, 0.25) is 12.7 Å². The quantitative estimate of drug-likeness (QED) is 0.902. The van der Waals surface area contributed by atoms with Crippen molar-refractivity contribution in [2.75, 3.05) is 17.4 Å². The lowest BCUT2D eigenvalue weighted by Crippen LogP contribution is -2.27. The first-order valence-electron chi connectivity index (χ1n) is 7.65. The molecular weight excluding hydrogens is 292 g/mol. The largest absolute Gasteiger partial charge is 0.454 e. The number of fused-ring (bicyclic) bond motifs is 1. The smallest absolute Gasteiger partial charge is 0.231 e. The fourth-order valence-corrected chi connectivity index (χ4v) is 2.33. The van der Waals surface area contributed by atoms with E-state index in [2.05, 4.69) is 41.4 Å². The zero-order chi connectivity index (χ0) is 16.4. The van der Waals surface area contributed by atoms with E-state index < -0.39 is 0 Å². The number of benzene rings is 1.